The predicted octanol–water partition coefficient (Wildman–Crippen LogP) is 2.49. The van der Waals surface area contributed by atoms with Crippen molar-refractivity contribution in [3.05, 3.63) is 69.8 Å². The molecule has 0 atom stereocenters. The number of fused-ring (bicyclic) bond motifs is 1. The third kappa shape index (κ3) is 1.84. The number of hydrogen-bond acceptors (Lipinski definition) is 2. The van der Waals surface area contributed by atoms with Gasteiger partial charge >= 0.3 is 0 Å². The second-order valence-corrected chi connectivity index (χ2v) is 5.37. The smallest absolute Gasteiger partial charge is 0.276 e. The first-order valence-electron chi connectivity index (χ1n) is 6.96. The molecule has 0 spiro atoms. The highest BCUT2D eigenvalue weighted by Crippen LogP contribution is 2.40. The quantitative estimate of drug-likeness (QED) is 0.791. The summed E-state index contributed by atoms with van der Waals surface area (Å²) < 4.78 is 1.53. The lowest BCUT2D eigenvalue weighted by Crippen LogP contribution is -2.22. The van der Waals surface area contributed by atoms with Gasteiger partial charge in [-0.05, 0) is 18.4 Å². The molecule has 0 unspecified atom stereocenters. The molecule has 3 aromatic rings. The van der Waals surface area contributed by atoms with E-state index in [0.29, 0.717) is 18.0 Å². The van der Waals surface area contributed by atoms with Crippen LogP contribution in [0.3, 0.4) is 0 Å². The van der Waals surface area contributed by atoms with Crippen molar-refractivity contribution in [1.82, 2.24) is 14.6 Å². The highest BCUT2D eigenvalue weighted by atomic mass is 16.1. The summed E-state index contributed by atoms with van der Waals surface area (Å²) in [5, 5.41) is 2.94. The zero-order valence-corrected chi connectivity index (χ0v) is 11.0. The molecular formula is C16H15N3O. The maximum Gasteiger partial charge on any atom is 0.276 e. The molecule has 2 heterocycles. The third-order valence-electron chi connectivity index (χ3n) is 3.86. The average molecular weight is 265 g/mol. The van der Waals surface area contributed by atoms with Crippen molar-refractivity contribution < 1.29 is 0 Å². The fourth-order valence-electron chi connectivity index (χ4n) is 2.67. The summed E-state index contributed by atoms with van der Waals surface area (Å²) in [6, 6.07) is 12.0. The Morgan fingerprint density at radius 2 is 2.00 bits per heavy atom. The lowest BCUT2D eigenvalue weighted by atomic mass is 10.0. The Bertz CT molecular complexity index is 813. The molecule has 0 amide bonds. The number of nitrogens with one attached hydrogen (secondary N) is 1. The van der Waals surface area contributed by atoms with Crippen LogP contribution in [0.4, 0.5) is 0 Å². The Hall–Kier alpha value is -2.36. The van der Waals surface area contributed by atoms with E-state index in [1.807, 2.05) is 24.3 Å². The van der Waals surface area contributed by atoms with Crippen LogP contribution in [-0.2, 0) is 6.42 Å². The van der Waals surface area contributed by atoms with E-state index in [2.05, 4.69) is 22.2 Å². The zero-order valence-electron chi connectivity index (χ0n) is 11.0. The van der Waals surface area contributed by atoms with Crippen molar-refractivity contribution >= 4 is 5.65 Å². The molecule has 0 aliphatic heterocycles. The van der Waals surface area contributed by atoms with Crippen molar-refractivity contribution in [1.29, 1.82) is 0 Å². The maximum absolute atomic E-state index is 12.6. The van der Waals surface area contributed by atoms with E-state index in [1.54, 1.807) is 6.20 Å². The molecule has 20 heavy (non-hydrogen) atoms. The summed E-state index contributed by atoms with van der Waals surface area (Å²) in [5.74, 6) is 0.473. The molecule has 1 saturated carbocycles. The first kappa shape index (κ1) is 11.5. The van der Waals surface area contributed by atoms with Gasteiger partial charge in [-0.25, -0.2) is 9.50 Å². The van der Waals surface area contributed by atoms with E-state index >= 15 is 0 Å². The second kappa shape index (κ2) is 4.34. The number of aromatic nitrogens is 3. The zero-order chi connectivity index (χ0) is 13.5. The van der Waals surface area contributed by atoms with E-state index in [9.17, 15) is 4.79 Å². The number of aromatic amines is 1. The molecule has 4 nitrogen and oxygen atoms in total. The van der Waals surface area contributed by atoms with Crippen LogP contribution in [0.5, 0.6) is 0 Å². The molecule has 100 valence electrons. The van der Waals surface area contributed by atoms with Gasteiger partial charge in [0.1, 0.15) is 0 Å². The van der Waals surface area contributed by atoms with E-state index < -0.39 is 0 Å². The van der Waals surface area contributed by atoms with Gasteiger partial charge in [0.15, 0.2) is 5.65 Å². The van der Waals surface area contributed by atoms with Crippen LogP contribution in [0.1, 0.15) is 35.6 Å². The van der Waals surface area contributed by atoms with Gasteiger partial charge in [0, 0.05) is 30.2 Å². The third-order valence-corrected chi connectivity index (χ3v) is 3.86. The number of rotatable bonds is 3. The van der Waals surface area contributed by atoms with Crippen LogP contribution >= 0.6 is 0 Å². The largest absolute Gasteiger partial charge is 0.297 e. The molecule has 1 aromatic carbocycles. The van der Waals surface area contributed by atoms with Gasteiger partial charge in [-0.15, -0.1) is 0 Å². The topological polar surface area (TPSA) is 50.2 Å². The highest BCUT2D eigenvalue weighted by molar-refractivity contribution is 5.42. The average Bonchev–Trinajstić information content (AvgIpc) is 3.21. The van der Waals surface area contributed by atoms with Crippen molar-refractivity contribution in [2.75, 3.05) is 0 Å². The number of benzene rings is 1. The number of hydrogen-bond donors (Lipinski definition) is 1. The van der Waals surface area contributed by atoms with Gasteiger partial charge in [-0.2, -0.15) is 0 Å². The fraction of sp³-hybridized carbons (Fsp3) is 0.250. The maximum atomic E-state index is 12.6. The minimum Gasteiger partial charge on any atom is -0.297 e. The first-order chi connectivity index (χ1) is 9.83. The van der Waals surface area contributed by atoms with E-state index in [4.69, 9.17) is 0 Å². The lowest BCUT2D eigenvalue weighted by Gasteiger charge is -2.08. The van der Waals surface area contributed by atoms with Crippen LogP contribution < -0.4 is 5.56 Å². The van der Waals surface area contributed by atoms with Crippen molar-refractivity contribution in [2.24, 2.45) is 0 Å². The Labute approximate surface area is 116 Å². The summed E-state index contributed by atoms with van der Waals surface area (Å²) in [4.78, 5) is 17.3. The minimum atomic E-state index is 0.0331. The Balaban J connectivity index is 1.89. The molecule has 0 bridgehead atoms. The Morgan fingerprint density at radius 3 is 2.75 bits per heavy atom. The standard InChI is InChI=1S/C16H15N3O/c20-16-13(10-11-4-2-1-3-5-11)15(12-6-7-12)18-14-8-9-17-19(14)16/h1-5,8-9,12,17H,6-7,10H2. The van der Waals surface area contributed by atoms with Crippen LogP contribution in [0.15, 0.2) is 47.4 Å². The van der Waals surface area contributed by atoms with Gasteiger partial charge in [0.25, 0.3) is 5.56 Å². The molecule has 4 heteroatoms. The summed E-state index contributed by atoms with van der Waals surface area (Å²) in [6.45, 7) is 0. The SMILES string of the molecule is O=c1c(Cc2ccccc2)c(C2CC2)nc2cc[nH]n12. The van der Waals surface area contributed by atoms with Gasteiger partial charge in [-0.1, -0.05) is 30.3 Å². The molecule has 0 radical (unpaired) electrons. The van der Waals surface area contributed by atoms with Crippen molar-refractivity contribution in [2.45, 2.75) is 25.2 Å². The van der Waals surface area contributed by atoms with Crippen LogP contribution in [0.25, 0.3) is 5.65 Å². The highest BCUT2D eigenvalue weighted by Gasteiger charge is 2.29. The number of H-pyrrole nitrogens is 1. The van der Waals surface area contributed by atoms with Gasteiger partial charge in [0.05, 0.1) is 5.69 Å². The summed E-state index contributed by atoms with van der Waals surface area (Å²) >= 11 is 0. The van der Waals surface area contributed by atoms with Gasteiger partial charge in [0.2, 0.25) is 0 Å². The minimum absolute atomic E-state index is 0.0331. The fourth-order valence-corrected chi connectivity index (χ4v) is 2.67. The normalized spacial score (nSPS) is 14.8. The van der Waals surface area contributed by atoms with Gasteiger partial charge in [-0.3, -0.25) is 9.89 Å². The summed E-state index contributed by atoms with van der Waals surface area (Å²) in [5.41, 5.74) is 3.73. The Morgan fingerprint density at radius 1 is 1.20 bits per heavy atom. The van der Waals surface area contributed by atoms with Crippen LogP contribution in [-0.4, -0.2) is 14.6 Å². The lowest BCUT2D eigenvalue weighted by molar-refractivity contribution is 0.838. The number of nitrogens with zero attached hydrogens (tertiary/aromatic N) is 2. The second-order valence-electron chi connectivity index (χ2n) is 5.37. The molecule has 4 rings (SSSR count). The molecule has 2 aromatic heterocycles. The molecule has 1 fully saturated rings. The monoisotopic (exact) mass is 265 g/mol. The summed E-state index contributed by atoms with van der Waals surface area (Å²) in [6.07, 6.45) is 4.71. The summed E-state index contributed by atoms with van der Waals surface area (Å²) in [7, 11) is 0. The molecule has 1 aliphatic rings. The molecule has 1 aliphatic carbocycles. The Kier molecular flexibility index (Phi) is 2.49. The van der Waals surface area contributed by atoms with E-state index in [-0.39, 0.29) is 5.56 Å². The van der Waals surface area contributed by atoms with E-state index in [1.165, 1.54) is 4.52 Å². The van der Waals surface area contributed by atoms with Gasteiger partial charge < -0.3 is 0 Å². The molecule has 1 N–H and O–H groups in total. The predicted molar refractivity (Wildman–Crippen MR) is 77.0 cm³/mol. The van der Waals surface area contributed by atoms with Crippen LogP contribution in [0.2, 0.25) is 0 Å². The van der Waals surface area contributed by atoms with Crippen LogP contribution in [0, 0.1) is 0 Å². The first-order valence-corrected chi connectivity index (χ1v) is 6.96. The van der Waals surface area contributed by atoms with Crippen molar-refractivity contribution in [3.63, 3.8) is 0 Å². The molecular weight excluding hydrogens is 250 g/mol. The van der Waals surface area contributed by atoms with E-state index in [0.717, 1.165) is 29.7 Å². The molecule has 0 saturated heterocycles. The van der Waals surface area contributed by atoms with Crippen molar-refractivity contribution in [3.8, 4) is 0 Å².